The van der Waals surface area contributed by atoms with E-state index in [9.17, 15) is 5.11 Å². The number of hydrogen-bond acceptors (Lipinski definition) is 4. The van der Waals surface area contributed by atoms with E-state index in [0.29, 0.717) is 19.1 Å². The highest BCUT2D eigenvalue weighted by Crippen LogP contribution is 2.27. The van der Waals surface area contributed by atoms with E-state index in [1.54, 1.807) is 18.9 Å². The molecule has 1 fully saturated rings. The maximum Gasteiger partial charge on any atom is 0.188 e. The van der Waals surface area contributed by atoms with Gasteiger partial charge in [0.2, 0.25) is 0 Å². The molecule has 0 aliphatic carbocycles. The van der Waals surface area contributed by atoms with Crippen molar-refractivity contribution in [2.45, 2.75) is 25.0 Å². The molecule has 1 aliphatic rings. The Labute approximate surface area is 101 Å². The van der Waals surface area contributed by atoms with Crippen molar-refractivity contribution in [2.75, 3.05) is 31.8 Å². The fourth-order valence-corrected chi connectivity index (χ4v) is 2.83. The molecule has 0 saturated carbocycles. The molecule has 0 spiro atoms. The first kappa shape index (κ1) is 13.6. The van der Waals surface area contributed by atoms with Gasteiger partial charge < -0.3 is 20.9 Å². The number of rotatable bonds is 5. The first-order valence-corrected chi connectivity index (χ1v) is 6.57. The number of hydrogen-bond donors (Lipinski definition) is 3. The molecule has 0 bridgehead atoms. The first-order chi connectivity index (χ1) is 7.56. The number of aliphatic imine (C=N–C) groups is 1. The summed E-state index contributed by atoms with van der Waals surface area (Å²) >= 11 is 1.75. The third-order valence-electron chi connectivity index (χ3n) is 2.44. The smallest absolute Gasteiger partial charge is 0.188 e. The van der Waals surface area contributed by atoms with Gasteiger partial charge in [-0.2, -0.15) is 11.8 Å². The average Bonchev–Trinajstić information content (AvgIpc) is 2.63. The lowest BCUT2D eigenvalue weighted by Crippen LogP contribution is -2.42. The topological polar surface area (TPSA) is 79.9 Å². The molecule has 0 radical (unpaired) electrons. The summed E-state index contributed by atoms with van der Waals surface area (Å²) in [5.74, 6) is 2.12. The van der Waals surface area contributed by atoms with Gasteiger partial charge in [-0.1, -0.05) is 0 Å². The number of nitrogens with zero attached hydrogens (tertiary/aromatic N) is 1. The van der Waals surface area contributed by atoms with Crippen LogP contribution in [0.2, 0.25) is 0 Å². The Hall–Kier alpha value is -0.460. The van der Waals surface area contributed by atoms with Crippen LogP contribution in [0.1, 0.15) is 13.3 Å². The van der Waals surface area contributed by atoms with Crippen LogP contribution in [0.5, 0.6) is 0 Å². The molecule has 94 valence electrons. The standard InChI is InChI=1S/C10H21N3O2S/c1-8(5-15-2)13-9(11)12-6-10(14)3-4-16-7-10/h8,14H,3-7H2,1-2H3,(H3,11,12,13). The third kappa shape index (κ3) is 4.59. The zero-order valence-corrected chi connectivity index (χ0v) is 10.7. The predicted octanol–water partition coefficient (Wildman–Crippen LogP) is -0.206. The van der Waals surface area contributed by atoms with E-state index >= 15 is 0 Å². The molecular weight excluding hydrogens is 226 g/mol. The van der Waals surface area contributed by atoms with Crippen molar-refractivity contribution in [3.63, 3.8) is 0 Å². The van der Waals surface area contributed by atoms with Crippen LogP contribution in [0.4, 0.5) is 0 Å². The zero-order chi connectivity index (χ0) is 12.0. The quantitative estimate of drug-likeness (QED) is 0.463. The van der Waals surface area contributed by atoms with Crippen molar-refractivity contribution in [3.05, 3.63) is 0 Å². The Balaban J connectivity index is 2.32. The summed E-state index contributed by atoms with van der Waals surface area (Å²) in [5.41, 5.74) is 5.04. The summed E-state index contributed by atoms with van der Waals surface area (Å²) in [4.78, 5) is 4.16. The number of nitrogens with two attached hydrogens (primary N) is 1. The summed E-state index contributed by atoms with van der Waals surface area (Å²) in [6.45, 7) is 2.92. The van der Waals surface area contributed by atoms with Crippen molar-refractivity contribution < 1.29 is 9.84 Å². The second kappa shape index (κ2) is 6.32. The number of nitrogens with one attached hydrogen (secondary N) is 1. The molecule has 0 amide bonds. The van der Waals surface area contributed by atoms with Crippen LogP contribution in [0.25, 0.3) is 0 Å². The highest BCUT2D eigenvalue weighted by atomic mass is 32.2. The minimum atomic E-state index is -0.665. The zero-order valence-electron chi connectivity index (χ0n) is 9.90. The van der Waals surface area contributed by atoms with Gasteiger partial charge >= 0.3 is 0 Å². The van der Waals surface area contributed by atoms with Crippen molar-refractivity contribution in [2.24, 2.45) is 10.7 Å². The molecule has 0 aromatic heterocycles. The first-order valence-electron chi connectivity index (χ1n) is 5.41. The number of ether oxygens (including phenoxy) is 1. The van der Waals surface area contributed by atoms with Gasteiger partial charge in [-0.05, 0) is 19.1 Å². The third-order valence-corrected chi connectivity index (χ3v) is 3.67. The fourth-order valence-electron chi connectivity index (χ4n) is 1.54. The summed E-state index contributed by atoms with van der Waals surface area (Å²) in [6.07, 6.45) is 0.794. The minimum absolute atomic E-state index is 0.126. The van der Waals surface area contributed by atoms with E-state index in [1.807, 2.05) is 6.92 Å². The molecule has 4 N–H and O–H groups in total. The van der Waals surface area contributed by atoms with E-state index in [2.05, 4.69) is 10.3 Å². The normalized spacial score (nSPS) is 28.1. The molecule has 1 aliphatic heterocycles. The Kier molecular flexibility index (Phi) is 5.37. The van der Waals surface area contributed by atoms with E-state index < -0.39 is 5.60 Å². The molecule has 0 aromatic rings. The molecule has 16 heavy (non-hydrogen) atoms. The van der Waals surface area contributed by atoms with Crippen LogP contribution in [0.3, 0.4) is 0 Å². The molecule has 0 aromatic carbocycles. The van der Waals surface area contributed by atoms with Gasteiger partial charge in [-0.25, -0.2) is 0 Å². The Morgan fingerprint density at radius 3 is 3.06 bits per heavy atom. The van der Waals surface area contributed by atoms with Crippen molar-refractivity contribution in [1.29, 1.82) is 0 Å². The predicted molar refractivity (Wildman–Crippen MR) is 67.9 cm³/mol. The van der Waals surface area contributed by atoms with Gasteiger partial charge in [0.15, 0.2) is 5.96 Å². The van der Waals surface area contributed by atoms with Gasteiger partial charge in [0.1, 0.15) is 0 Å². The SMILES string of the molecule is COCC(C)NC(N)=NCC1(O)CCSC1. The van der Waals surface area contributed by atoms with Gasteiger partial charge in [-0.15, -0.1) is 0 Å². The Morgan fingerprint density at radius 1 is 1.75 bits per heavy atom. The van der Waals surface area contributed by atoms with Crippen molar-refractivity contribution in [3.8, 4) is 0 Å². The molecule has 1 rings (SSSR count). The molecule has 6 heteroatoms. The summed E-state index contributed by atoms with van der Waals surface area (Å²) in [7, 11) is 1.64. The largest absolute Gasteiger partial charge is 0.387 e. The minimum Gasteiger partial charge on any atom is -0.387 e. The molecule has 2 atom stereocenters. The Morgan fingerprint density at radius 2 is 2.50 bits per heavy atom. The van der Waals surface area contributed by atoms with Crippen molar-refractivity contribution in [1.82, 2.24) is 5.32 Å². The second-order valence-corrected chi connectivity index (χ2v) is 5.33. The number of thioether (sulfide) groups is 1. The summed E-state index contributed by atoms with van der Waals surface area (Å²) < 4.78 is 4.98. The monoisotopic (exact) mass is 247 g/mol. The molecule has 5 nitrogen and oxygen atoms in total. The molecule has 1 saturated heterocycles. The lowest BCUT2D eigenvalue weighted by Gasteiger charge is -2.19. The van der Waals surface area contributed by atoms with Crippen LogP contribution in [-0.2, 0) is 4.74 Å². The van der Waals surface area contributed by atoms with E-state index in [0.717, 1.165) is 17.9 Å². The lowest BCUT2D eigenvalue weighted by molar-refractivity contribution is 0.0778. The lowest BCUT2D eigenvalue weighted by atomic mass is 10.1. The highest BCUT2D eigenvalue weighted by molar-refractivity contribution is 7.99. The maximum absolute atomic E-state index is 10.0. The number of aliphatic hydroxyl groups is 1. The van der Waals surface area contributed by atoms with E-state index in [4.69, 9.17) is 10.5 Å². The van der Waals surface area contributed by atoms with Gasteiger partial charge in [-0.3, -0.25) is 4.99 Å². The van der Waals surface area contributed by atoms with Crippen LogP contribution in [-0.4, -0.2) is 54.5 Å². The van der Waals surface area contributed by atoms with Crippen molar-refractivity contribution >= 4 is 17.7 Å². The van der Waals surface area contributed by atoms with Crippen LogP contribution in [0, 0.1) is 0 Å². The van der Waals surface area contributed by atoms with E-state index in [1.165, 1.54) is 0 Å². The van der Waals surface area contributed by atoms with Gasteiger partial charge in [0.25, 0.3) is 0 Å². The number of guanidine groups is 1. The molecule has 1 heterocycles. The summed E-state index contributed by atoms with van der Waals surface area (Å²) in [5, 5.41) is 13.0. The van der Waals surface area contributed by atoms with Crippen LogP contribution < -0.4 is 11.1 Å². The van der Waals surface area contributed by atoms with Crippen LogP contribution in [0.15, 0.2) is 4.99 Å². The van der Waals surface area contributed by atoms with Gasteiger partial charge in [0, 0.05) is 18.9 Å². The Bertz CT molecular complexity index is 242. The molecular formula is C10H21N3O2S. The second-order valence-electron chi connectivity index (χ2n) is 4.23. The summed E-state index contributed by atoms with van der Waals surface area (Å²) in [6, 6.07) is 0.126. The number of methoxy groups -OCH3 is 1. The average molecular weight is 247 g/mol. The maximum atomic E-state index is 10.0. The van der Waals surface area contributed by atoms with Crippen LogP contribution >= 0.6 is 11.8 Å². The highest BCUT2D eigenvalue weighted by Gasteiger charge is 2.31. The molecule has 2 unspecified atom stereocenters. The van der Waals surface area contributed by atoms with Gasteiger partial charge in [0.05, 0.1) is 18.8 Å². The fraction of sp³-hybridized carbons (Fsp3) is 0.900. The van der Waals surface area contributed by atoms with E-state index in [-0.39, 0.29) is 6.04 Å².